The Morgan fingerprint density at radius 2 is 2.00 bits per heavy atom. The van der Waals surface area contributed by atoms with Gasteiger partial charge >= 0.3 is 0 Å². The monoisotopic (exact) mass is 250 g/mol. The van der Waals surface area contributed by atoms with Crippen LogP contribution >= 0.6 is 11.6 Å². The molecule has 0 unspecified atom stereocenters. The zero-order chi connectivity index (χ0) is 12.3. The average molecular weight is 251 g/mol. The second-order valence-corrected chi connectivity index (χ2v) is 4.29. The summed E-state index contributed by atoms with van der Waals surface area (Å²) in [5.41, 5.74) is 2.90. The zero-order valence-corrected chi connectivity index (χ0v) is 10.5. The van der Waals surface area contributed by atoms with Gasteiger partial charge in [0, 0.05) is 12.2 Å². The number of aliphatic hydroxyl groups excluding tert-OH is 1. The van der Waals surface area contributed by atoms with Crippen LogP contribution in [0.4, 0.5) is 0 Å². The molecule has 0 saturated heterocycles. The first-order valence-electron chi connectivity index (χ1n) is 5.64. The predicted molar refractivity (Wildman–Crippen MR) is 68.7 cm³/mol. The highest BCUT2D eigenvalue weighted by Crippen LogP contribution is 2.24. The van der Waals surface area contributed by atoms with Crippen LogP contribution < -0.4 is 0 Å². The highest BCUT2D eigenvalue weighted by Gasteiger charge is 2.13. The lowest BCUT2D eigenvalue weighted by molar-refractivity contribution is 0.288. The van der Waals surface area contributed by atoms with E-state index in [4.69, 9.17) is 16.7 Å². The quantitative estimate of drug-likeness (QED) is 0.906. The molecule has 1 heterocycles. The number of nitrogens with zero attached hydrogens (tertiary/aromatic N) is 2. The Balaban J connectivity index is 2.37. The molecule has 1 aromatic heterocycles. The molecule has 17 heavy (non-hydrogen) atoms. The highest BCUT2D eigenvalue weighted by molar-refractivity contribution is 6.30. The van der Waals surface area contributed by atoms with Crippen LogP contribution in [-0.2, 0) is 6.42 Å². The summed E-state index contributed by atoms with van der Waals surface area (Å²) in [4.78, 5) is 0. The van der Waals surface area contributed by atoms with Gasteiger partial charge in [-0.15, -0.1) is 0 Å². The first-order valence-corrected chi connectivity index (χ1v) is 6.02. The molecule has 0 saturated carbocycles. The molecule has 0 aliphatic carbocycles. The number of aliphatic hydroxyl groups is 1. The smallest absolute Gasteiger partial charge is 0.136 e. The molecule has 90 valence electrons. The van der Waals surface area contributed by atoms with E-state index in [9.17, 15) is 0 Å². The molecule has 0 spiro atoms. The molecule has 4 heteroatoms. The lowest BCUT2D eigenvalue weighted by Crippen LogP contribution is -1.96. The number of benzene rings is 1. The van der Waals surface area contributed by atoms with Crippen molar-refractivity contribution in [2.24, 2.45) is 0 Å². The Morgan fingerprint density at radius 3 is 2.65 bits per heavy atom. The van der Waals surface area contributed by atoms with Gasteiger partial charge < -0.3 is 5.11 Å². The van der Waals surface area contributed by atoms with Crippen LogP contribution in [0.1, 0.15) is 17.7 Å². The van der Waals surface area contributed by atoms with Gasteiger partial charge in [-0.25, -0.2) is 4.68 Å². The van der Waals surface area contributed by atoms with E-state index in [1.807, 2.05) is 37.3 Å². The lowest BCUT2D eigenvalue weighted by atomic mass is 10.1. The third kappa shape index (κ3) is 2.51. The maximum Gasteiger partial charge on any atom is 0.136 e. The molecule has 0 radical (unpaired) electrons. The maximum atomic E-state index is 8.86. The summed E-state index contributed by atoms with van der Waals surface area (Å²) in [6.45, 7) is 2.12. The number of hydrogen-bond donors (Lipinski definition) is 1. The third-order valence-corrected chi connectivity index (χ3v) is 3.10. The van der Waals surface area contributed by atoms with E-state index in [1.165, 1.54) is 0 Å². The largest absolute Gasteiger partial charge is 0.396 e. The minimum Gasteiger partial charge on any atom is -0.396 e. The molecule has 0 bridgehead atoms. The van der Waals surface area contributed by atoms with E-state index >= 15 is 0 Å². The summed E-state index contributed by atoms with van der Waals surface area (Å²) >= 11 is 6.32. The number of halogens is 1. The number of hydrogen-bond acceptors (Lipinski definition) is 2. The van der Waals surface area contributed by atoms with E-state index in [-0.39, 0.29) is 6.61 Å². The van der Waals surface area contributed by atoms with Gasteiger partial charge in [0.15, 0.2) is 0 Å². The van der Waals surface area contributed by atoms with Gasteiger partial charge in [-0.05, 0) is 31.9 Å². The third-order valence-electron chi connectivity index (χ3n) is 2.71. The van der Waals surface area contributed by atoms with Crippen LogP contribution in [0.2, 0.25) is 5.15 Å². The van der Waals surface area contributed by atoms with E-state index in [0.29, 0.717) is 11.6 Å². The van der Waals surface area contributed by atoms with Crippen molar-refractivity contribution in [3.05, 3.63) is 46.7 Å². The van der Waals surface area contributed by atoms with Crippen LogP contribution in [-0.4, -0.2) is 21.5 Å². The predicted octanol–water partition coefficient (Wildman–Crippen LogP) is 2.76. The first kappa shape index (κ1) is 12.1. The standard InChI is InChI=1S/C13H15ClN2O/c1-10-12(8-5-9-17)13(14)16(15-10)11-6-3-2-4-7-11/h2-4,6-7,17H,5,8-9H2,1H3. The molecule has 0 amide bonds. The van der Waals surface area contributed by atoms with Crippen molar-refractivity contribution < 1.29 is 5.11 Å². The van der Waals surface area contributed by atoms with Gasteiger partial charge in [0.1, 0.15) is 5.15 Å². The van der Waals surface area contributed by atoms with Gasteiger partial charge in [-0.3, -0.25) is 0 Å². The van der Waals surface area contributed by atoms with Crippen molar-refractivity contribution in [3.8, 4) is 5.69 Å². The fourth-order valence-corrected chi connectivity index (χ4v) is 2.18. The first-order chi connectivity index (χ1) is 8.24. The molecule has 0 fully saturated rings. The second-order valence-electron chi connectivity index (χ2n) is 3.93. The van der Waals surface area contributed by atoms with E-state index < -0.39 is 0 Å². The normalized spacial score (nSPS) is 10.8. The lowest BCUT2D eigenvalue weighted by Gasteiger charge is -2.02. The molecule has 0 atom stereocenters. The Kier molecular flexibility index (Phi) is 3.82. The number of rotatable bonds is 4. The van der Waals surface area contributed by atoms with Gasteiger partial charge in [0.2, 0.25) is 0 Å². The van der Waals surface area contributed by atoms with Crippen molar-refractivity contribution in [1.29, 1.82) is 0 Å². The minimum atomic E-state index is 0.173. The molecule has 3 nitrogen and oxygen atoms in total. The summed E-state index contributed by atoms with van der Waals surface area (Å²) in [6.07, 6.45) is 1.47. The summed E-state index contributed by atoms with van der Waals surface area (Å²) in [5, 5.41) is 13.9. The molecular weight excluding hydrogens is 236 g/mol. The van der Waals surface area contributed by atoms with Crippen LogP contribution in [0.15, 0.2) is 30.3 Å². The van der Waals surface area contributed by atoms with Crippen LogP contribution in [0.5, 0.6) is 0 Å². The van der Waals surface area contributed by atoms with Crippen LogP contribution in [0.3, 0.4) is 0 Å². The molecule has 1 N–H and O–H groups in total. The minimum absolute atomic E-state index is 0.173. The maximum absolute atomic E-state index is 8.86. The van der Waals surface area contributed by atoms with Gasteiger partial charge in [-0.2, -0.15) is 5.10 Å². The number of aryl methyl sites for hydroxylation is 1. The van der Waals surface area contributed by atoms with Crippen molar-refractivity contribution >= 4 is 11.6 Å². The average Bonchev–Trinajstić information content (AvgIpc) is 2.64. The van der Waals surface area contributed by atoms with E-state index in [2.05, 4.69) is 5.10 Å². The molecule has 2 aromatic rings. The zero-order valence-electron chi connectivity index (χ0n) is 9.73. The second kappa shape index (κ2) is 5.34. The highest BCUT2D eigenvalue weighted by atomic mass is 35.5. The molecule has 1 aromatic carbocycles. The summed E-state index contributed by atoms with van der Waals surface area (Å²) in [7, 11) is 0. The van der Waals surface area contributed by atoms with Crippen molar-refractivity contribution in [2.45, 2.75) is 19.8 Å². The van der Waals surface area contributed by atoms with Crippen molar-refractivity contribution in [3.63, 3.8) is 0 Å². The van der Waals surface area contributed by atoms with Crippen LogP contribution in [0, 0.1) is 6.92 Å². The van der Waals surface area contributed by atoms with Gasteiger partial charge in [0.05, 0.1) is 11.4 Å². The van der Waals surface area contributed by atoms with Crippen molar-refractivity contribution in [2.75, 3.05) is 6.61 Å². The number of para-hydroxylation sites is 1. The fourth-order valence-electron chi connectivity index (χ4n) is 1.81. The molecule has 2 rings (SSSR count). The van der Waals surface area contributed by atoms with Gasteiger partial charge in [-0.1, -0.05) is 29.8 Å². The summed E-state index contributed by atoms with van der Waals surface area (Å²) < 4.78 is 1.74. The molecular formula is C13H15ClN2O. The summed E-state index contributed by atoms with van der Waals surface area (Å²) in [5.74, 6) is 0. The van der Waals surface area contributed by atoms with E-state index in [1.54, 1.807) is 4.68 Å². The van der Waals surface area contributed by atoms with Gasteiger partial charge in [0.25, 0.3) is 0 Å². The molecule has 0 aliphatic rings. The Morgan fingerprint density at radius 1 is 1.29 bits per heavy atom. The number of aromatic nitrogens is 2. The molecule has 0 aliphatic heterocycles. The summed E-state index contributed by atoms with van der Waals surface area (Å²) in [6, 6.07) is 9.80. The SMILES string of the molecule is Cc1nn(-c2ccccc2)c(Cl)c1CCCO. The Hall–Kier alpha value is -1.32. The van der Waals surface area contributed by atoms with Crippen molar-refractivity contribution in [1.82, 2.24) is 9.78 Å². The fraction of sp³-hybridized carbons (Fsp3) is 0.308. The van der Waals surface area contributed by atoms with Crippen LogP contribution in [0.25, 0.3) is 5.69 Å². The van der Waals surface area contributed by atoms with E-state index in [0.717, 1.165) is 23.4 Å². The topological polar surface area (TPSA) is 38.0 Å². The Bertz CT molecular complexity index is 494. The Labute approximate surface area is 106 Å².